The smallest absolute Gasteiger partial charge is 0.223 e. The zero-order chi connectivity index (χ0) is 14.0. The van der Waals surface area contributed by atoms with Gasteiger partial charge in [0.15, 0.2) is 5.82 Å². The predicted octanol–water partition coefficient (Wildman–Crippen LogP) is 2.63. The van der Waals surface area contributed by atoms with E-state index in [1.165, 1.54) is 0 Å². The van der Waals surface area contributed by atoms with Gasteiger partial charge >= 0.3 is 0 Å². The lowest BCUT2D eigenvalue weighted by molar-refractivity contribution is -0.0599. The largest absolute Gasteiger partial charge is 0.370 e. The molecule has 0 spiro atoms. The highest BCUT2D eigenvalue weighted by molar-refractivity contribution is 5.20. The van der Waals surface area contributed by atoms with E-state index in [4.69, 9.17) is 10.5 Å². The average Bonchev–Trinajstić information content (AvgIpc) is 2.39. The monoisotopic (exact) mass is 264 g/mol. The summed E-state index contributed by atoms with van der Waals surface area (Å²) in [7, 11) is 1.74. The van der Waals surface area contributed by atoms with Gasteiger partial charge in [-0.2, -0.15) is 9.97 Å². The maximum Gasteiger partial charge on any atom is 0.223 e. The third-order valence-electron chi connectivity index (χ3n) is 4.07. The van der Waals surface area contributed by atoms with Crippen LogP contribution in [0.15, 0.2) is 0 Å². The molecule has 0 aromatic carbocycles. The molecule has 1 aliphatic carbocycles. The molecular formula is C14H24N4O. The van der Waals surface area contributed by atoms with Crippen molar-refractivity contribution >= 4 is 5.95 Å². The van der Waals surface area contributed by atoms with E-state index in [1.807, 2.05) is 0 Å². The lowest BCUT2D eigenvalue weighted by Crippen LogP contribution is -2.36. The van der Waals surface area contributed by atoms with Crippen molar-refractivity contribution in [3.63, 3.8) is 0 Å². The molecule has 1 fully saturated rings. The average molecular weight is 264 g/mol. The van der Waals surface area contributed by atoms with Crippen LogP contribution in [0.2, 0.25) is 0 Å². The summed E-state index contributed by atoms with van der Waals surface area (Å²) in [6.45, 7) is 6.39. The highest BCUT2D eigenvalue weighted by atomic mass is 16.5. The van der Waals surface area contributed by atoms with Crippen LogP contribution in [0.25, 0.3) is 0 Å². The fraction of sp³-hybridized carbons (Fsp3) is 0.786. The first kappa shape index (κ1) is 14.2. The van der Waals surface area contributed by atoms with Crippen LogP contribution in [-0.4, -0.2) is 22.1 Å². The first-order valence-corrected chi connectivity index (χ1v) is 7.04. The molecule has 0 aliphatic heterocycles. The number of hydrogen-bond acceptors (Lipinski definition) is 5. The Hall–Kier alpha value is -1.23. The molecular weight excluding hydrogens is 240 g/mol. The summed E-state index contributed by atoms with van der Waals surface area (Å²) in [4.78, 5) is 13.1. The zero-order valence-corrected chi connectivity index (χ0v) is 12.3. The molecule has 0 bridgehead atoms. The summed E-state index contributed by atoms with van der Waals surface area (Å²) < 4.78 is 5.79. The SMILES string of the molecule is COC1(c2nc(N)nc(C(C)C)n2)CCC(C)CC1. The zero-order valence-electron chi connectivity index (χ0n) is 12.3. The molecule has 0 unspecified atom stereocenters. The van der Waals surface area contributed by atoms with Gasteiger partial charge < -0.3 is 10.5 Å². The van der Waals surface area contributed by atoms with E-state index < -0.39 is 0 Å². The number of methoxy groups -OCH3 is 1. The number of hydrogen-bond donors (Lipinski definition) is 1. The fourth-order valence-electron chi connectivity index (χ4n) is 2.62. The Kier molecular flexibility index (Phi) is 4.04. The number of nitrogen functional groups attached to an aromatic ring is 1. The molecule has 1 saturated carbocycles. The van der Waals surface area contributed by atoms with E-state index in [1.54, 1.807) is 7.11 Å². The van der Waals surface area contributed by atoms with Gasteiger partial charge in [-0.3, -0.25) is 0 Å². The second kappa shape index (κ2) is 5.41. The van der Waals surface area contributed by atoms with Crippen LogP contribution in [0.3, 0.4) is 0 Å². The molecule has 1 heterocycles. The van der Waals surface area contributed by atoms with Gasteiger partial charge in [0.25, 0.3) is 0 Å². The Bertz CT molecular complexity index is 439. The van der Waals surface area contributed by atoms with Crippen molar-refractivity contribution in [2.75, 3.05) is 12.8 Å². The minimum Gasteiger partial charge on any atom is -0.370 e. The Morgan fingerprint density at radius 2 is 1.84 bits per heavy atom. The Labute approximate surface area is 115 Å². The molecule has 2 N–H and O–H groups in total. The molecule has 2 rings (SSSR count). The molecule has 106 valence electrons. The molecule has 5 heteroatoms. The second-order valence-electron chi connectivity index (χ2n) is 5.91. The first-order chi connectivity index (χ1) is 8.97. The highest BCUT2D eigenvalue weighted by Gasteiger charge is 2.39. The summed E-state index contributed by atoms with van der Waals surface area (Å²) in [5, 5.41) is 0. The van der Waals surface area contributed by atoms with Gasteiger partial charge in [0.2, 0.25) is 5.95 Å². The maximum atomic E-state index is 5.83. The maximum absolute atomic E-state index is 5.83. The van der Waals surface area contributed by atoms with Crippen LogP contribution >= 0.6 is 0 Å². The van der Waals surface area contributed by atoms with E-state index in [9.17, 15) is 0 Å². The van der Waals surface area contributed by atoms with Crippen molar-refractivity contribution < 1.29 is 4.74 Å². The van der Waals surface area contributed by atoms with Gasteiger partial charge in [0.05, 0.1) is 0 Å². The van der Waals surface area contributed by atoms with Crippen molar-refractivity contribution in [3.8, 4) is 0 Å². The first-order valence-electron chi connectivity index (χ1n) is 7.04. The van der Waals surface area contributed by atoms with E-state index in [0.717, 1.165) is 37.4 Å². The normalized spacial score (nSPS) is 27.7. The van der Waals surface area contributed by atoms with Crippen LogP contribution < -0.4 is 5.73 Å². The number of nitrogens with two attached hydrogens (primary N) is 1. The molecule has 5 nitrogen and oxygen atoms in total. The molecule has 19 heavy (non-hydrogen) atoms. The third kappa shape index (κ3) is 2.86. The second-order valence-corrected chi connectivity index (χ2v) is 5.91. The Morgan fingerprint density at radius 1 is 1.21 bits per heavy atom. The summed E-state index contributed by atoms with van der Waals surface area (Å²) >= 11 is 0. The van der Waals surface area contributed by atoms with Crippen molar-refractivity contribution in [2.45, 2.75) is 58.0 Å². The van der Waals surface area contributed by atoms with Gasteiger partial charge in [-0.15, -0.1) is 0 Å². The lowest BCUT2D eigenvalue weighted by atomic mass is 9.79. The van der Waals surface area contributed by atoms with E-state index >= 15 is 0 Å². The van der Waals surface area contributed by atoms with Gasteiger partial charge in [-0.1, -0.05) is 20.8 Å². The molecule has 0 radical (unpaired) electrons. The molecule has 0 amide bonds. The van der Waals surface area contributed by atoms with Gasteiger partial charge in [0, 0.05) is 13.0 Å². The lowest BCUT2D eigenvalue weighted by Gasteiger charge is -2.37. The topological polar surface area (TPSA) is 73.9 Å². The van der Waals surface area contributed by atoms with Crippen molar-refractivity contribution in [3.05, 3.63) is 11.6 Å². The summed E-state index contributed by atoms with van der Waals surface area (Å²) in [5.41, 5.74) is 5.45. The number of nitrogens with zero attached hydrogens (tertiary/aromatic N) is 3. The number of rotatable bonds is 3. The van der Waals surface area contributed by atoms with Crippen molar-refractivity contribution in [2.24, 2.45) is 5.92 Å². The summed E-state index contributed by atoms with van der Waals surface area (Å²) in [6.07, 6.45) is 4.17. The van der Waals surface area contributed by atoms with Crippen LogP contribution in [0.1, 0.15) is 64.0 Å². The highest BCUT2D eigenvalue weighted by Crippen LogP contribution is 2.40. The van der Waals surface area contributed by atoms with Gasteiger partial charge in [-0.05, 0) is 31.6 Å². The van der Waals surface area contributed by atoms with Crippen LogP contribution in [0.4, 0.5) is 5.95 Å². The third-order valence-corrected chi connectivity index (χ3v) is 4.07. The number of anilines is 1. The van der Waals surface area contributed by atoms with E-state index in [-0.39, 0.29) is 11.5 Å². The minimum absolute atomic E-state index is 0.237. The summed E-state index contributed by atoms with van der Waals surface area (Å²) in [5.74, 6) is 2.73. The standard InChI is InChI=1S/C14H24N4O/c1-9(2)11-16-12(18-13(15)17-11)14(19-4)7-5-10(3)6-8-14/h9-10H,5-8H2,1-4H3,(H2,15,16,17,18). The number of ether oxygens (including phenoxy) is 1. The van der Waals surface area contributed by atoms with Crippen LogP contribution in [0.5, 0.6) is 0 Å². The van der Waals surface area contributed by atoms with Gasteiger partial charge in [-0.25, -0.2) is 4.98 Å². The van der Waals surface area contributed by atoms with Crippen molar-refractivity contribution in [1.29, 1.82) is 0 Å². The van der Waals surface area contributed by atoms with Crippen LogP contribution in [-0.2, 0) is 10.3 Å². The Morgan fingerprint density at radius 3 is 2.37 bits per heavy atom. The predicted molar refractivity (Wildman–Crippen MR) is 74.6 cm³/mol. The minimum atomic E-state index is -0.382. The van der Waals surface area contributed by atoms with Crippen LogP contribution in [0, 0.1) is 5.92 Å². The molecule has 1 aliphatic rings. The molecule has 1 aromatic rings. The van der Waals surface area contributed by atoms with E-state index in [2.05, 4.69) is 35.7 Å². The number of aromatic nitrogens is 3. The molecule has 1 aromatic heterocycles. The summed E-state index contributed by atoms with van der Waals surface area (Å²) in [6, 6.07) is 0. The molecule has 0 atom stereocenters. The Balaban J connectivity index is 2.38. The van der Waals surface area contributed by atoms with Gasteiger partial charge in [0.1, 0.15) is 11.4 Å². The fourth-order valence-corrected chi connectivity index (χ4v) is 2.62. The molecule has 0 saturated heterocycles. The van der Waals surface area contributed by atoms with E-state index in [0.29, 0.717) is 11.8 Å². The van der Waals surface area contributed by atoms with Crippen molar-refractivity contribution in [1.82, 2.24) is 15.0 Å². The quantitative estimate of drug-likeness (QED) is 0.908.